The molecule has 168 valence electrons. The Morgan fingerprint density at radius 1 is 0.909 bits per heavy atom. The van der Waals surface area contributed by atoms with Gasteiger partial charge < -0.3 is 4.90 Å². The number of rotatable bonds is 9. The second-order valence-corrected chi connectivity index (χ2v) is 8.61. The fraction of sp³-hybridized carbons (Fsp3) is 0.231. The smallest absolute Gasteiger partial charge is 0.240 e. The zero-order valence-electron chi connectivity index (χ0n) is 18.8. The molecule has 0 saturated heterocycles. The molecule has 1 atom stereocenters. The van der Waals surface area contributed by atoms with Crippen LogP contribution in [0.1, 0.15) is 30.2 Å². The van der Waals surface area contributed by atoms with E-state index in [1.807, 2.05) is 79.4 Å². The van der Waals surface area contributed by atoms with Gasteiger partial charge in [-0.1, -0.05) is 72.4 Å². The molecule has 2 heterocycles. The Kier molecular flexibility index (Phi) is 7.52. The van der Waals surface area contributed by atoms with Crippen LogP contribution in [-0.2, 0) is 11.3 Å². The van der Waals surface area contributed by atoms with Gasteiger partial charge in [-0.3, -0.25) is 14.3 Å². The van der Waals surface area contributed by atoms with Crippen LogP contribution in [0.2, 0.25) is 0 Å². The lowest BCUT2D eigenvalue weighted by atomic mass is 10.1. The van der Waals surface area contributed by atoms with Crippen molar-refractivity contribution in [3.63, 3.8) is 0 Å². The van der Waals surface area contributed by atoms with Crippen molar-refractivity contribution in [3.05, 3.63) is 96.3 Å². The van der Waals surface area contributed by atoms with E-state index < -0.39 is 5.25 Å². The maximum atomic E-state index is 13.5. The Hall–Kier alpha value is -3.45. The van der Waals surface area contributed by atoms with Crippen molar-refractivity contribution in [3.8, 4) is 11.4 Å². The molecule has 0 bridgehead atoms. The predicted octanol–water partition coefficient (Wildman–Crippen LogP) is 5.09. The van der Waals surface area contributed by atoms with Crippen molar-refractivity contribution in [2.75, 3.05) is 13.1 Å². The molecule has 33 heavy (non-hydrogen) atoms. The van der Waals surface area contributed by atoms with Crippen molar-refractivity contribution in [1.29, 1.82) is 0 Å². The number of carbonyl (C=O) groups is 1. The SMILES string of the molecule is CCN(CC)C(=O)C(Sc1nnc(-c2ccncc2)n1Cc1ccccc1)c1ccccc1. The minimum atomic E-state index is -0.407. The number of hydrogen-bond acceptors (Lipinski definition) is 5. The molecule has 0 fully saturated rings. The first-order valence-corrected chi connectivity index (χ1v) is 12.0. The maximum absolute atomic E-state index is 13.5. The Bertz CT molecular complexity index is 1160. The van der Waals surface area contributed by atoms with Crippen LogP contribution in [0.15, 0.2) is 90.3 Å². The van der Waals surface area contributed by atoms with Crippen LogP contribution in [0.5, 0.6) is 0 Å². The monoisotopic (exact) mass is 457 g/mol. The topological polar surface area (TPSA) is 63.9 Å². The predicted molar refractivity (Wildman–Crippen MR) is 132 cm³/mol. The molecule has 0 radical (unpaired) electrons. The van der Waals surface area contributed by atoms with Gasteiger partial charge in [0.15, 0.2) is 11.0 Å². The lowest BCUT2D eigenvalue weighted by Crippen LogP contribution is -2.34. The van der Waals surface area contributed by atoms with Crippen LogP contribution in [0.3, 0.4) is 0 Å². The number of aromatic nitrogens is 4. The first-order chi connectivity index (χ1) is 16.2. The van der Waals surface area contributed by atoms with E-state index in [1.54, 1.807) is 12.4 Å². The molecule has 4 rings (SSSR count). The van der Waals surface area contributed by atoms with E-state index in [0.717, 1.165) is 22.5 Å². The molecule has 7 heteroatoms. The summed E-state index contributed by atoms with van der Waals surface area (Å²) in [5, 5.41) is 9.35. The Morgan fingerprint density at radius 3 is 2.18 bits per heavy atom. The Morgan fingerprint density at radius 2 is 1.55 bits per heavy atom. The minimum absolute atomic E-state index is 0.0796. The van der Waals surface area contributed by atoms with Gasteiger partial charge in [-0.05, 0) is 37.1 Å². The summed E-state index contributed by atoms with van der Waals surface area (Å²) in [7, 11) is 0. The second-order valence-electron chi connectivity index (χ2n) is 7.53. The fourth-order valence-corrected chi connectivity index (χ4v) is 4.81. The number of hydrogen-bond donors (Lipinski definition) is 0. The third kappa shape index (κ3) is 5.31. The molecule has 0 aliphatic carbocycles. The Labute approximate surface area is 198 Å². The standard InChI is InChI=1S/C26H27N5OS/c1-3-30(4-2)25(32)23(21-13-9-6-10-14-21)33-26-29-28-24(22-15-17-27-18-16-22)31(26)19-20-11-7-5-8-12-20/h5-18,23H,3-4,19H2,1-2H3. The van der Waals surface area contributed by atoms with E-state index in [9.17, 15) is 4.79 Å². The Balaban J connectivity index is 1.76. The van der Waals surface area contributed by atoms with Crippen molar-refractivity contribution in [2.45, 2.75) is 30.8 Å². The molecule has 6 nitrogen and oxygen atoms in total. The highest BCUT2D eigenvalue weighted by molar-refractivity contribution is 8.00. The summed E-state index contributed by atoms with van der Waals surface area (Å²) in [6, 6.07) is 24.0. The molecule has 1 unspecified atom stereocenters. The first-order valence-electron chi connectivity index (χ1n) is 11.1. The van der Waals surface area contributed by atoms with Crippen LogP contribution in [0, 0.1) is 0 Å². The van der Waals surface area contributed by atoms with Gasteiger partial charge in [0.1, 0.15) is 5.25 Å². The third-order valence-corrected chi connectivity index (χ3v) is 6.69. The number of pyridine rings is 1. The average Bonchev–Trinajstić information content (AvgIpc) is 3.26. The van der Waals surface area contributed by atoms with Gasteiger partial charge >= 0.3 is 0 Å². The van der Waals surface area contributed by atoms with Gasteiger partial charge in [-0.15, -0.1) is 10.2 Å². The minimum Gasteiger partial charge on any atom is -0.342 e. The van der Waals surface area contributed by atoms with E-state index in [0.29, 0.717) is 24.8 Å². The quantitative estimate of drug-likeness (QED) is 0.328. The summed E-state index contributed by atoms with van der Waals surface area (Å²) in [6.07, 6.45) is 3.50. The van der Waals surface area contributed by atoms with E-state index in [4.69, 9.17) is 0 Å². The van der Waals surface area contributed by atoms with E-state index in [1.165, 1.54) is 11.8 Å². The third-order valence-electron chi connectivity index (χ3n) is 5.46. The van der Waals surface area contributed by atoms with E-state index >= 15 is 0 Å². The lowest BCUT2D eigenvalue weighted by molar-refractivity contribution is -0.130. The number of thioether (sulfide) groups is 1. The largest absolute Gasteiger partial charge is 0.342 e. The summed E-state index contributed by atoms with van der Waals surface area (Å²) < 4.78 is 2.08. The van der Waals surface area contributed by atoms with Gasteiger partial charge in [0, 0.05) is 31.0 Å². The number of likely N-dealkylation sites (N-methyl/N-ethyl adjacent to an activating group) is 1. The molecule has 2 aromatic carbocycles. The van der Waals surface area contributed by atoms with Gasteiger partial charge in [-0.2, -0.15) is 0 Å². The van der Waals surface area contributed by atoms with Crippen molar-refractivity contribution < 1.29 is 4.79 Å². The van der Waals surface area contributed by atoms with Crippen molar-refractivity contribution >= 4 is 17.7 Å². The van der Waals surface area contributed by atoms with Crippen molar-refractivity contribution in [2.24, 2.45) is 0 Å². The molecule has 1 amide bonds. The van der Waals surface area contributed by atoms with Gasteiger partial charge in [0.2, 0.25) is 5.91 Å². The zero-order chi connectivity index (χ0) is 23.0. The van der Waals surface area contributed by atoms with Gasteiger partial charge in [0.05, 0.1) is 6.54 Å². The summed E-state index contributed by atoms with van der Waals surface area (Å²) in [4.78, 5) is 19.5. The number of nitrogens with zero attached hydrogens (tertiary/aromatic N) is 5. The van der Waals surface area contributed by atoms with Gasteiger partial charge in [-0.25, -0.2) is 0 Å². The summed E-state index contributed by atoms with van der Waals surface area (Å²) in [5.74, 6) is 0.835. The average molecular weight is 458 g/mol. The normalized spacial score (nSPS) is 11.8. The maximum Gasteiger partial charge on any atom is 0.240 e. The van der Waals surface area contributed by atoms with Crippen LogP contribution >= 0.6 is 11.8 Å². The van der Waals surface area contributed by atoms with Crippen LogP contribution in [0.4, 0.5) is 0 Å². The summed E-state index contributed by atoms with van der Waals surface area (Å²) in [5.41, 5.74) is 3.03. The van der Waals surface area contributed by atoms with Gasteiger partial charge in [0.25, 0.3) is 0 Å². The lowest BCUT2D eigenvalue weighted by Gasteiger charge is -2.25. The summed E-state index contributed by atoms with van der Waals surface area (Å²) >= 11 is 1.45. The molecular weight excluding hydrogens is 430 g/mol. The number of amides is 1. The van der Waals surface area contributed by atoms with E-state index in [-0.39, 0.29) is 5.91 Å². The second kappa shape index (κ2) is 10.9. The molecule has 0 aliphatic rings. The zero-order valence-corrected chi connectivity index (χ0v) is 19.7. The highest BCUT2D eigenvalue weighted by atomic mass is 32.2. The van der Waals surface area contributed by atoms with Crippen LogP contribution in [0.25, 0.3) is 11.4 Å². The highest BCUT2D eigenvalue weighted by Gasteiger charge is 2.28. The van der Waals surface area contributed by atoms with Crippen molar-refractivity contribution in [1.82, 2.24) is 24.6 Å². The molecule has 0 N–H and O–H groups in total. The van der Waals surface area contributed by atoms with Crippen LogP contribution < -0.4 is 0 Å². The molecular formula is C26H27N5OS. The molecule has 0 aliphatic heterocycles. The summed E-state index contributed by atoms with van der Waals surface area (Å²) in [6.45, 7) is 5.95. The van der Waals surface area contributed by atoms with Crippen LogP contribution in [-0.4, -0.2) is 43.6 Å². The number of carbonyl (C=O) groups excluding carboxylic acids is 1. The number of benzene rings is 2. The molecule has 2 aromatic heterocycles. The molecule has 0 spiro atoms. The van der Waals surface area contributed by atoms with E-state index in [2.05, 4.69) is 31.9 Å². The highest BCUT2D eigenvalue weighted by Crippen LogP contribution is 2.37. The first kappa shape index (κ1) is 22.7. The fourth-order valence-electron chi connectivity index (χ4n) is 3.69. The molecule has 0 saturated carbocycles. The molecule has 4 aromatic rings.